The summed E-state index contributed by atoms with van der Waals surface area (Å²) in [6.07, 6.45) is 2.37. The Morgan fingerprint density at radius 1 is 1.00 bits per heavy atom. The van der Waals surface area contributed by atoms with Crippen LogP contribution in [-0.4, -0.2) is 39.9 Å². The topological polar surface area (TPSA) is 33.3 Å². The van der Waals surface area contributed by atoms with Gasteiger partial charge in [-0.2, -0.15) is 0 Å². The molecule has 0 amide bonds. The van der Waals surface area contributed by atoms with E-state index in [9.17, 15) is 0 Å². The van der Waals surface area contributed by atoms with Gasteiger partial charge in [-0.3, -0.25) is 0 Å². The third kappa shape index (κ3) is 9.88. The van der Waals surface area contributed by atoms with Crippen LogP contribution in [0, 0.1) is 0 Å². The van der Waals surface area contributed by atoms with E-state index in [1.807, 2.05) is 0 Å². The molecule has 0 aliphatic carbocycles. The van der Waals surface area contributed by atoms with Crippen molar-refractivity contribution < 1.29 is 4.74 Å². The van der Waals surface area contributed by atoms with Crippen LogP contribution in [0.5, 0.6) is 0 Å². The molecular formula is C9H22N2O. The van der Waals surface area contributed by atoms with E-state index in [-0.39, 0.29) is 0 Å². The maximum atomic E-state index is 4.95. The second-order valence-electron chi connectivity index (χ2n) is 2.80. The zero-order valence-corrected chi connectivity index (χ0v) is 8.36. The molecule has 0 aliphatic heterocycles. The molecule has 0 saturated carbocycles. The SMILES string of the molecule is CCNCCNCCCCOC. The number of methoxy groups -OCH3 is 1. The minimum atomic E-state index is 0.884. The predicted octanol–water partition coefficient (Wildman–Crippen LogP) is 0.612. The monoisotopic (exact) mass is 174 g/mol. The summed E-state index contributed by atoms with van der Waals surface area (Å²) in [5.41, 5.74) is 0. The first-order valence-electron chi connectivity index (χ1n) is 4.82. The molecule has 0 bridgehead atoms. The average Bonchev–Trinajstić information content (AvgIpc) is 2.10. The van der Waals surface area contributed by atoms with Crippen molar-refractivity contribution in [3.8, 4) is 0 Å². The Balaban J connectivity index is 2.73. The number of rotatable bonds is 9. The van der Waals surface area contributed by atoms with Crippen molar-refractivity contribution >= 4 is 0 Å². The van der Waals surface area contributed by atoms with E-state index in [1.165, 1.54) is 6.42 Å². The van der Waals surface area contributed by atoms with E-state index >= 15 is 0 Å². The molecule has 0 aromatic carbocycles. The summed E-state index contributed by atoms with van der Waals surface area (Å²) in [7, 11) is 1.75. The van der Waals surface area contributed by atoms with Crippen LogP contribution in [0.25, 0.3) is 0 Å². The van der Waals surface area contributed by atoms with Gasteiger partial charge in [-0.05, 0) is 25.9 Å². The van der Waals surface area contributed by atoms with E-state index in [0.717, 1.165) is 39.2 Å². The molecule has 0 rings (SSSR count). The van der Waals surface area contributed by atoms with Gasteiger partial charge in [0.1, 0.15) is 0 Å². The third-order valence-electron chi connectivity index (χ3n) is 1.68. The van der Waals surface area contributed by atoms with Gasteiger partial charge < -0.3 is 15.4 Å². The van der Waals surface area contributed by atoms with Crippen molar-refractivity contribution in [2.75, 3.05) is 39.9 Å². The van der Waals surface area contributed by atoms with Gasteiger partial charge in [0.25, 0.3) is 0 Å². The van der Waals surface area contributed by atoms with E-state index < -0.39 is 0 Å². The number of unbranched alkanes of at least 4 members (excludes halogenated alkanes) is 1. The molecule has 2 N–H and O–H groups in total. The lowest BCUT2D eigenvalue weighted by Gasteiger charge is -2.04. The van der Waals surface area contributed by atoms with Gasteiger partial charge in [-0.15, -0.1) is 0 Å². The highest BCUT2D eigenvalue weighted by Crippen LogP contribution is 1.85. The second-order valence-corrected chi connectivity index (χ2v) is 2.80. The van der Waals surface area contributed by atoms with E-state index in [1.54, 1.807) is 7.11 Å². The predicted molar refractivity (Wildman–Crippen MR) is 52.5 cm³/mol. The number of ether oxygens (including phenoxy) is 1. The Bertz CT molecular complexity index is 68.9. The fraction of sp³-hybridized carbons (Fsp3) is 1.00. The lowest BCUT2D eigenvalue weighted by atomic mass is 10.3. The quantitative estimate of drug-likeness (QED) is 0.503. The van der Waals surface area contributed by atoms with E-state index in [0.29, 0.717) is 0 Å². The number of likely N-dealkylation sites (N-methyl/N-ethyl adjacent to an activating group) is 1. The molecule has 0 fully saturated rings. The minimum Gasteiger partial charge on any atom is -0.385 e. The van der Waals surface area contributed by atoms with Gasteiger partial charge >= 0.3 is 0 Å². The van der Waals surface area contributed by atoms with Crippen LogP contribution in [0.2, 0.25) is 0 Å². The Labute approximate surface area is 75.9 Å². The van der Waals surface area contributed by atoms with Crippen LogP contribution in [-0.2, 0) is 4.74 Å². The third-order valence-corrected chi connectivity index (χ3v) is 1.68. The smallest absolute Gasteiger partial charge is 0.0462 e. The number of hydrogen-bond donors (Lipinski definition) is 2. The molecule has 0 aromatic heterocycles. The lowest BCUT2D eigenvalue weighted by molar-refractivity contribution is 0.192. The molecule has 0 radical (unpaired) electrons. The molecule has 74 valence electrons. The summed E-state index contributed by atoms with van der Waals surface area (Å²) >= 11 is 0. The Kier molecular flexibility index (Phi) is 10.8. The van der Waals surface area contributed by atoms with Gasteiger partial charge in [0.2, 0.25) is 0 Å². The van der Waals surface area contributed by atoms with Crippen molar-refractivity contribution in [1.82, 2.24) is 10.6 Å². The molecule has 3 heteroatoms. The zero-order valence-electron chi connectivity index (χ0n) is 8.36. The Hall–Kier alpha value is -0.120. The second kappa shape index (κ2) is 10.9. The lowest BCUT2D eigenvalue weighted by Crippen LogP contribution is -2.27. The van der Waals surface area contributed by atoms with Gasteiger partial charge in [0.15, 0.2) is 0 Å². The fourth-order valence-corrected chi connectivity index (χ4v) is 0.975. The molecule has 0 heterocycles. The van der Waals surface area contributed by atoms with Crippen LogP contribution in [0.1, 0.15) is 19.8 Å². The normalized spacial score (nSPS) is 10.5. The molecule has 0 spiro atoms. The highest BCUT2D eigenvalue weighted by Gasteiger charge is 1.87. The first-order chi connectivity index (χ1) is 5.91. The standard InChI is InChI=1S/C9H22N2O/c1-3-10-7-8-11-6-4-5-9-12-2/h10-11H,3-9H2,1-2H3. The van der Waals surface area contributed by atoms with Crippen molar-refractivity contribution in [3.05, 3.63) is 0 Å². The average molecular weight is 174 g/mol. The molecule has 0 saturated heterocycles. The van der Waals surface area contributed by atoms with Crippen LogP contribution < -0.4 is 10.6 Å². The molecule has 12 heavy (non-hydrogen) atoms. The van der Waals surface area contributed by atoms with E-state index in [4.69, 9.17) is 4.74 Å². The number of hydrogen-bond acceptors (Lipinski definition) is 3. The van der Waals surface area contributed by atoms with Crippen molar-refractivity contribution in [2.24, 2.45) is 0 Å². The summed E-state index contributed by atoms with van der Waals surface area (Å²) in [5.74, 6) is 0. The van der Waals surface area contributed by atoms with Gasteiger partial charge in [-0.25, -0.2) is 0 Å². The van der Waals surface area contributed by atoms with Crippen LogP contribution in [0.3, 0.4) is 0 Å². The summed E-state index contributed by atoms with van der Waals surface area (Å²) in [6, 6.07) is 0. The maximum absolute atomic E-state index is 4.95. The molecule has 0 aromatic rings. The maximum Gasteiger partial charge on any atom is 0.0462 e. The molecule has 0 unspecified atom stereocenters. The van der Waals surface area contributed by atoms with Crippen molar-refractivity contribution in [1.29, 1.82) is 0 Å². The van der Waals surface area contributed by atoms with Crippen LogP contribution >= 0.6 is 0 Å². The van der Waals surface area contributed by atoms with Gasteiger partial charge in [0, 0.05) is 26.8 Å². The summed E-state index contributed by atoms with van der Waals surface area (Å²) in [5, 5.41) is 6.62. The van der Waals surface area contributed by atoms with Gasteiger partial charge in [0.05, 0.1) is 0 Å². The molecule has 0 aliphatic rings. The highest BCUT2D eigenvalue weighted by molar-refractivity contribution is 4.50. The summed E-state index contributed by atoms with van der Waals surface area (Å²) < 4.78 is 4.95. The van der Waals surface area contributed by atoms with Crippen LogP contribution in [0.15, 0.2) is 0 Å². The molecule has 3 nitrogen and oxygen atoms in total. The first-order valence-corrected chi connectivity index (χ1v) is 4.82. The fourth-order valence-electron chi connectivity index (χ4n) is 0.975. The highest BCUT2D eigenvalue weighted by atomic mass is 16.5. The Morgan fingerprint density at radius 2 is 1.75 bits per heavy atom. The molecule has 0 atom stereocenters. The van der Waals surface area contributed by atoms with Gasteiger partial charge in [-0.1, -0.05) is 6.92 Å². The summed E-state index contributed by atoms with van der Waals surface area (Å²) in [4.78, 5) is 0. The van der Waals surface area contributed by atoms with E-state index in [2.05, 4.69) is 17.6 Å². The minimum absolute atomic E-state index is 0.884. The zero-order chi connectivity index (χ0) is 9.07. The summed E-state index contributed by atoms with van der Waals surface area (Å²) in [6.45, 7) is 7.31. The van der Waals surface area contributed by atoms with Crippen molar-refractivity contribution in [2.45, 2.75) is 19.8 Å². The Morgan fingerprint density at radius 3 is 2.42 bits per heavy atom. The van der Waals surface area contributed by atoms with Crippen LogP contribution in [0.4, 0.5) is 0 Å². The van der Waals surface area contributed by atoms with Crippen molar-refractivity contribution in [3.63, 3.8) is 0 Å². The molecular weight excluding hydrogens is 152 g/mol. The first kappa shape index (κ1) is 11.9. The largest absolute Gasteiger partial charge is 0.385 e. The number of nitrogens with one attached hydrogen (secondary N) is 2.